The number of hydrogen-bond acceptors (Lipinski definition) is 12. The number of thiazole rings is 1. The van der Waals surface area contributed by atoms with E-state index in [1.807, 2.05) is 46.7 Å². The zero-order valence-corrected chi connectivity index (χ0v) is 25.7. The number of aromatic nitrogens is 3. The number of aliphatic carboxylic acids is 1. The Balaban J connectivity index is 1.18. The van der Waals surface area contributed by atoms with Crippen molar-refractivity contribution in [2.75, 3.05) is 18.6 Å². The van der Waals surface area contributed by atoms with Crippen LogP contribution in [0.15, 0.2) is 64.0 Å². The molecule has 1 fully saturated rings. The molecule has 4 aromatic rings. The SMILES string of the molecule is CO/N=C(\C(=O)C[C@@H]1C(=O)N2C(C(=O)[O-])=C(C[n+]3ccc4c(ccn4Cc4cc(C(=N)N)cs4)c3)CS[C@H]12)c1csc(N)n1. The smallest absolute Gasteiger partial charge is 0.234 e. The molecule has 0 aliphatic carbocycles. The number of amides is 1. The summed E-state index contributed by atoms with van der Waals surface area (Å²) in [5, 5.41) is 27.9. The normalized spacial score (nSPS) is 18.3. The van der Waals surface area contributed by atoms with Gasteiger partial charge in [-0.3, -0.25) is 19.9 Å². The number of anilines is 1. The quantitative estimate of drug-likeness (QED) is 0.0695. The van der Waals surface area contributed by atoms with Gasteiger partial charge in [0.1, 0.15) is 18.6 Å². The number of carbonyl (C=O) groups is 3. The molecule has 6 rings (SSSR count). The van der Waals surface area contributed by atoms with Gasteiger partial charge in [-0.2, -0.15) is 0 Å². The van der Waals surface area contributed by atoms with Crippen molar-refractivity contribution in [3.8, 4) is 0 Å². The van der Waals surface area contributed by atoms with Crippen LogP contribution in [0.1, 0.15) is 22.6 Å². The highest BCUT2D eigenvalue weighted by molar-refractivity contribution is 8.00. The third-order valence-electron chi connectivity index (χ3n) is 7.40. The van der Waals surface area contributed by atoms with Crippen molar-refractivity contribution in [1.82, 2.24) is 14.5 Å². The van der Waals surface area contributed by atoms with Gasteiger partial charge in [0.05, 0.1) is 40.4 Å². The van der Waals surface area contributed by atoms with Gasteiger partial charge < -0.3 is 30.8 Å². The maximum atomic E-state index is 13.2. The second kappa shape index (κ2) is 11.9. The standard InChI is InChI=1S/C28H26N8O5S3/c1-41-33-22(19-13-44-28(31)32-19)21(37)7-18-25(38)36-23(27(39)40)16(12-43-26(18)36)9-34-4-3-20-14(8-34)2-5-35(20)10-17-6-15(11-42-17)24(29)30/h2-6,8,11,13,18,26H,7,9-10,12H2,1H3,(H5-,29,30,31,32,39,40)/b33-22-/t18-,26-/m1/s1. The molecule has 2 atom stereocenters. The molecule has 226 valence electrons. The second-order valence-electron chi connectivity index (χ2n) is 10.2. The first-order valence-corrected chi connectivity index (χ1v) is 16.1. The van der Waals surface area contributed by atoms with E-state index < -0.39 is 29.0 Å². The van der Waals surface area contributed by atoms with Gasteiger partial charge >= 0.3 is 0 Å². The van der Waals surface area contributed by atoms with E-state index in [1.54, 1.807) is 16.7 Å². The maximum Gasteiger partial charge on any atom is 0.234 e. The van der Waals surface area contributed by atoms with Crippen molar-refractivity contribution in [3.63, 3.8) is 0 Å². The van der Waals surface area contributed by atoms with Crippen molar-refractivity contribution in [2.24, 2.45) is 16.8 Å². The third-order valence-corrected chi connectivity index (χ3v) is 10.4. The highest BCUT2D eigenvalue weighted by Crippen LogP contribution is 2.45. The number of fused-ring (bicyclic) bond motifs is 2. The molecular formula is C28H26N8O5S3. The van der Waals surface area contributed by atoms with Gasteiger partial charge in [-0.15, -0.1) is 34.4 Å². The molecule has 0 bridgehead atoms. The lowest BCUT2D eigenvalue weighted by Crippen LogP contribution is -2.63. The first-order valence-electron chi connectivity index (χ1n) is 13.3. The number of hydrogen-bond donors (Lipinski definition) is 3. The number of thiophene rings is 1. The van der Waals surface area contributed by atoms with E-state index in [4.69, 9.17) is 21.7 Å². The number of carboxylic acid groups (broad SMARTS) is 1. The van der Waals surface area contributed by atoms with Gasteiger partial charge in [0, 0.05) is 51.2 Å². The summed E-state index contributed by atoms with van der Waals surface area (Å²) in [4.78, 5) is 49.9. The molecule has 0 spiro atoms. The number of amidine groups is 1. The Kier molecular flexibility index (Phi) is 7.96. The number of Topliss-reactive ketones (excluding diaryl/α,β-unsaturated/α-hetero) is 1. The minimum atomic E-state index is -1.43. The van der Waals surface area contributed by atoms with E-state index in [1.165, 1.54) is 23.8 Å². The van der Waals surface area contributed by atoms with E-state index in [0.717, 1.165) is 27.1 Å². The molecule has 0 unspecified atom stereocenters. The summed E-state index contributed by atoms with van der Waals surface area (Å²) < 4.78 is 3.97. The van der Waals surface area contributed by atoms with E-state index in [-0.39, 0.29) is 41.0 Å². The molecule has 4 aromatic heterocycles. The Labute approximate surface area is 262 Å². The lowest BCUT2D eigenvalue weighted by atomic mass is 9.89. The first-order chi connectivity index (χ1) is 21.1. The number of nitrogen functional groups attached to an aromatic ring is 2. The van der Waals surface area contributed by atoms with Crippen LogP contribution in [-0.2, 0) is 32.3 Å². The van der Waals surface area contributed by atoms with Gasteiger partial charge in [-0.05, 0) is 12.1 Å². The second-order valence-corrected chi connectivity index (χ2v) is 13.2. The average molecular weight is 651 g/mol. The Hall–Kier alpha value is -4.54. The monoisotopic (exact) mass is 650 g/mol. The summed E-state index contributed by atoms with van der Waals surface area (Å²) in [6, 6.07) is 5.84. The van der Waals surface area contributed by atoms with Crippen LogP contribution in [0.25, 0.3) is 10.9 Å². The summed E-state index contributed by atoms with van der Waals surface area (Å²) in [7, 11) is 1.30. The van der Waals surface area contributed by atoms with Crippen LogP contribution in [0.5, 0.6) is 0 Å². The molecule has 0 radical (unpaired) electrons. The average Bonchev–Trinajstić information content (AvgIpc) is 3.74. The molecule has 6 heterocycles. The molecular weight excluding hydrogens is 625 g/mol. The van der Waals surface area contributed by atoms with Gasteiger partial charge in [0.25, 0.3) is 0 Å². The van der Waals surface area contributed by atoms with Crippen molar-refractivity contribution in [2.45, 2.75) is 24.9 Å². The van der Waals surface area contributed by atoms with Gasteiger partial charge in [-0.25, -0.2) is 9.55 Å². The molecule has 1 saturated heterocycles. The van der Waals surface area contributed by atoms with Crippen LogP contribution in [0, 0.1) is 11.3 Å². The van der Waals surface area contributed by atoms with Crippen molar-refractivity contribution >= 4 is 79.7 Å². The Morgan fingerprint density at radius 1 is 1.30 bits per heavy atom. The lowest BCUT2D eigenvalue weighted by Gasteiger charge is -2.50. The predicted octanol–water partition coefficient (Wildman–Crippen LogP) is 0.907. The van der Waals surface area contributed by atoms with Crippen LogP contribution in [-0.4, -0.2) is 61.9 Å². The van der Waals surface area contributed by atoms with Crippen LogP contribution >= 0.6 is 34.4 Å². The van der Waals surface area contributed by atoms with Crippen molar-refractivity contribution < 1.29 is 28.9 Å². The fourth-order valence-corrected chi connectivity index (χ4v) is 8.21. The molecule has 5 N–H and O–H groups in total. The van der Waals surface area contributed by atoms with E-state index in [0.29, 0.717) is 23.4 Å². The predicted molar refractivity (Wildman–Crippen MR) is 165 cm³/mol. The highest BCUT2D eigenvalue weighted by atomic mass is 32.2. The van der Waals surface area contributed by atoms with E-state index in [2.05, 4.69) is 14.7 Å². The fourth-order valence-electron chi connectivity index (χ4n) is 5.37. The molecule has 0 saturated carbocycles. The van der Waals surface area contributed by atoms with E-state index >= 15 is 0 Å². The molecule has 0 aromatic carbocycles. The minimum Gasteiger partial charge on any atom is -0.543 e. The van der Waals surface area contributed by atoms with Crippen molar-refractivity contribution in [3.05, 3.63) is 75.0 Å². The largest absolute Gasteiger partial charge is 0.543 e. The highest BCUT2D eigenvalue weighted by Gasteiger charge is 2.53. The van der Waals surface area contributed by atoms with Gasteiger partial charge in [-0.1, -0.05) is 5.16 Å². The summed E-state index contributed by atoms with van der Waals surface area (Å²) in [5.74, 6) is -2.67. The number of rotatable bonds is 11. The number of pyridine rings is 1. The minimum absolute atomic E-state index is 0.0376. The zero-order chi connectivity index (χ0) is 31.1. The number of carboxylic acids is 1. The molecule has 13 nitrogen and oxygen atoms in total. The van der Waals surface area contributed by atoms with Crippen LogP contribution in [0.4, 0.5) is 5.13 Å². The Morgan fingerprint density at radius 2 is 2.11 bits per heavy atom. The number of nitrogens with two attached hydrogens (primary N) is 2. The summed E-state index contributed by atoms with van der Waals surface area (Å²) in [6.07, 6.45) is 5.60. The Bertz CT molecular complexity index is 1890. The number of β-lactam (4-membered cyclic amide) rings is 1. The van der Waals surface area contributed by atoms with E-state index in [9.17, 15) is 19.5 Å². The summed E-state index contributed by atoms with van der Waals surface area (Å²) in [6.45, 7) is 0.876. The first kappa shape index (κ1) is 29.5. The molecule has 2 aliphatic heterocycles. The van der Waals surface area contributed by atoms with Crippen molar-refractivity contribution in [1.29, 1.82) is 5.41 Å². The lowest BCUT2D eigenvalue weighted by molar-refractivity contribution is -0.687. The number of oxime groups is 1. The number of thioether (sulfide) groups is 1. The van der Waals surface area contributed by atoms with Crippen LogP contribution in [0.3, 0.4) is 0 Å². The maximum absolute atomic E-state index is 13.2. The topological polar surface area (TPSA) is 197 Å². The summed E-state index contributed by atoms with van der Waals surface area (Å²) in [5.41, 5.74) is 13.6. The molecule has 16 heteroatoms. The van der Waals surface area contributed by atoms with Gasteiger partial charge in [0.2, 0.25) is 5.91 Å². The molecule has 1 amide bonds. The molecule has 44 heavy (non-hydrogen) atoms. The Morgan fingerprint density at radius 3 is 2.80 bits per heavy atom. The third kappa shape index (κ3) is 5.46. The number of carbonyl (C=O) groups excluding carboxylic acids is 3. The number of ketones is 1. The van der Waals surface area contributed by atoms with Crippen LogP contribution in [0.2, 0.25) is 0 Å². The fraction of sp³-hybridized carbons (Fsp3) is 0.250. The zero-order valence-electron chi connectivity index (χ0n) is 23.3. The molecule has 2 aliphatic rings. The van der Waals surface area contributed by atoms with Crippen LogP contribution < -0.4 is 21.1 Å². The summed E-state index contributed by atoms with van der Waals surface area (Å²) >= 11 is 4.10. The number of nitrogens with zero attached hydrogens (tertiary/aromatic N) is 5. The number of nitrogens with one attached hydrogen (secondary N) is 1. The van der Waals surface area contributed by atoms with Gasteiger partial charge in [0.15, 0.2) is 35.6 Å².